The first-order chi connectivity index (χ1) is 7.15. The van der Waals surface area contributed by atoms with Crippen molar-refractivity contribution in [3.63, 3.8) is 0 Å². The summed E-state index contributed by atoms with van der Waals surface area (Å²) in [4.78, 5) is 15.5. The largest absolute Gasteiger partial charge is 0.461 e. The molecule has 4 heteroatoms. The van der Waals surface area contributed by atoms with Crippen molar-refractivity contribution in [3.8, 4) is 0 Å². The molecule has 0 fully saturated rings. The molecule has 0 amide bonds. The van der Waals surface area contributed by atoms with E-state index < -0.39 is 0 Å². The van der Waals surface area contributed by atoms with Gasteiger partial charge in [-0.2, -0.15) is 0 Å². The number of ether oxygens (including phenoxy) is 1. The van der Waals surface area contributed by atoms with Gasteiger partial charge in [-0.05, 0) is 32.9 Å². The van der Waals surface area contributed by atoms with Crippen LogP contribution in [0, 0.1) is 0 Å². The molecule has 0 aliphatic rings. The number of esters is 1. The Labute approximate surface area is 89.7 Å². The van der Waals surface area contributed by atoms with Crippen molar-refractivity contribution in [3.05, 3.63) is 24.0 Å². The fourth-order valence-corrected chi connectivity index (χ4v) is 1.19. The molecule has 0 radical (unpaired) electrons. The van der Waals surface area contributed by atoms with E-state index in [1.165, 1.54) is 0 Å². The predicted octanol–water partition coefficient (Wildman–Crippen LogP) is 2.08. The summed E-state index contributed by atoms with van der Waals surface area (Å²) >= 11 is 0. The van der Waals surface area contributed by atoms with Crippen molar-refractivity contribution < 1.29 is 9.53 Å². The highest BCUT2D eigenvalue weighted by Crippen LogP contribution is 2.14. The maximum absolute atomic E-state index is 11.5. The van der Waals surface area contributed by atoms with Crippen molar-refractivity contribution in [2.45, 2.75) is 26.8 Å². The summed E-state index contributed by atoms with van der Waals surface area (Å²) < 4.78 is 4.91. The fourth-order valence-electron chi connectivity index (χ4n) is 1.19. The van der Waals surface area contributed by atoms with Gasteiger partial charge in [0.05, 0.1) is 12.3 Å². The Morgan fingerprint density at radius 2 is 2.33 bits per heavy atom. The molecule has 1 aromatic rings. The van der Waals surface area contributed by atoms with Gasteiger partial charge in [-0.25, -0.2) is 9.78 Å². The van der Waals surface area contributed by atoms with Crippen LogP contribution in [0.4, 0.5) is 5.69 Å². The van der Waals surface area contributed by atoms with Crippen LogP contribution in [0.25, 0.3) is 0 Å². The van der Waals surface area contributed by atoms with Gasteiger partial charge >= 0.3 is 5.97 Å². The van der Waals surface area contributed by atoms with Crippen molar-refractivity contribution in [1.82, 2.24) is 4.98 Å². The van der Waals surface area contributed by atoms with E-state index in [-0.39, 0.29) is 12.0 Å². The zero-order valence-corrected chi connectivity index (χ0v) is 9.28. The van der Waals surface area contributed by atoms with Crippen LogP contribution in [0.2, 0.25) is 0 Å². The highest BCUT2D eigenvalue weighted by atomic mass is 16.5. The third kappa shape index (κ3) is 3.23. The van der Waals surface area contributed by atoms with E-state index in [2.05, 4.69) is 10.3 Å². The lowest BCUT2D eigenvalue weighted by Crippen LogP contribution is -2.16. The monoisotopic (exact) mass is 208 g/mol. The Kier molecular flexibility index (Phi) is 4.09. The minimum atomic E-state index is -0.388. The first-order valence-electron chi connectivity index (χ1n) is 5.03. The number of anilines is 1. The maximum atomic E-state index is 11.5. The highest BCUT2D eigenvalue weighted by molar-refractivity contribution is 5.93. The molecule has 1 aromatic heterocycles. The Balaban J connectivity index is 2.90. The number of aromatic nitrogens is 1. The second-order valence-electron chi connectivity index (χ2n) is 3.42. The van der Waals surface area contributed by atoms with E-state index in [9.17, 15) is 4.79 Å². The van der Waals surface area contributed by atoms with E-state index in [0.29, 0.717) is 18.0 Å². The Bertz CT molecular complexity index is 337. The molecule has 1 rings (SSSR count). The summed E-state index contributed by atoms with van der Waals surface area (Å²) in [5.41, 5.74) is 1.05. The van der Waals surface area contributed by atoms with E-state index in [1.54, 1.807) is 19.2 Å². The minimum absolute atomic E-state index is 0.252. The summed E-state index contributed by atoms with van der Waals surface area (Å²) in [6, 6.07) is 3.86. The lowest BCUT2D eigenvalue weighted by atomic mass is 10.2. The predicted molar refractivity (Wildman–Crippen MR) is 59.0 cm³/mol. The van der Waals surface area contributed by atoms with Crippen LogP contribution in [0.15, 0.2) is 18.3 Å². The third-order valence-corrected chi connectivity index (χ3v) is 1.72. The first-order valence-corrected chi connectivity index (χ1v) is 5.03. The average molecular weight is 208 g/mol. The number of nitrogens with one attached hydrogen (secondary N) is 1. The van der Waals surface area contributed by atoms with Gasteiger partial charge in [0.2, 0.25) is 0 Å². The number of rotatable bonds is 4. The molecule has 1 heterocycles. The molecule has 0 bridgehead atoms. The molecule has 4 nitrogen and oxygen atoms in total. The van der Waals surface area contributed by atoms with Crippen molar-refractivity contribution in [1.29, 1.82) is 0 Å². The smallest absolute Gasteiger partial charge is 0.359 e. The molecule has 0 aliphatic carbocycles. The Hall–Kier alpha value is -1.58. The summed E-state index contributed by atoms with van der Waals surface area (Å²) in [7, 11) is 0. The van der Waals surface area contributed by atoms with Crippen LogP contribution in [-0.4, -0.2) is 23.6 Å². The molecule has 1 N–H and O–H groups in total. The SMILES string of the molecule is CCOC(=O)c1ncccc1NC(C)C. The standard InChI is InChI=1S/C11H16N2O2/c1-4-15-11(14)10-9(13-8(2)3)6-5-7-12-10/h5-8,13H,4H2,1-3H3. The van der Waals surface area contributed by atoms with Crippen LogP contribution in [-0.2, 0) is 4.74 Å². The molecule has 0 spiro atoms. The van der Waals surface area contributed by atoms with Crippen LogP contribution < -0.4 is 5.32 Å². The lowest BCUT2D eigenvalue weighted by Gasteiger charge is -2.12. The van der Waals surface area contributed by atoms with Gasteiger partial charge in [-0.1, -0.05) is 0 Å². The van der Waals surface area contributed by atoms with Crippen molar-refractivity contribution in [2.24, 2.45) is 0 Å². The molecular weight excluding hydrogens is 192 g/mol. The van der Waals surface area contributed by atoms with Crippen LogP contribution in [0.5, 0.6) is 0 Å². The zero-order chi connectivity index (χ0) is 11.3. The minimum Gasteiger partial charge on any atom is -0.461 e. The first kappa shape index (κ1) is 11.5. The number of carbonyl (C=O) groups is 1. The fraction of sp³-hybridized carbons (Fsp3) is 0.455. The van der Waals surface area contributed by atoms with Crippen LogP contribution in [0.1, 0.15) is 31.3 Å². The van der Waals surface area contributed by atoms with Crippen molar-refractivity contribution >= 4 is 11.7 Å². The van der Waals surface area contributed by atoms with Gasteiger partial charge in [-0.15, -0.1) is 0 Å². The van der Waals surface area contributed by atoms with Gasteiger partial charge in [0.1, 0.15) is 0 Å². The second kappa shape index (κ2) is 5.34. The molecule has 0 aliphatic heterocycles. The van der Waals surface area contributed by atoms with Crippen molar-refractivity contribution in [2.75, 3.05) is 11.9 Å². The van der Waals surface area contributed by atoms with Gasteiger partial charge in [0.15, 0.2) is 5.69 Å². The molecule has 0 aromatic carbocycles. The Morgan fingerprint density at radius 3 is 2.93 bits per heavy atom. The number of carbonyl (C=O) groups excluding carboxylic acids is 1. The van der Waals surface area contributed by atoms with Gasteiger partial charge in [0, 0.05) is 12.2 Å². The topological polar surface area (TPSA) is 51.2 Å². The van der Waals surface area contributed by atoms with Gasteiger partial charge < -0.3 is 10.1 Å². The third-order valence-electron chi connectivity index (χ3n) is 1.72. The zero-order valence-electron chi connectivity index (χ0n) is 9.28. The summed E-state index contributed by atoms with van der Waals surface area (Å²) in [5, 5.41) is 3.15. The quantitative estimate of drug-likeness (QED) is 0.770. The molecule has 0 saturated carbocycles. The van der Waals surface area contributed by atoms with Crippen LogP contribution >= 0.6 is 0 Å². The maximum Gasteiger partial charge on any atom is 0.359 e. The Morgan fingerprint density at radius 1 is 1.60 bits per heavy atom. The molecule has 0 unspecified atom stereocenters. The molecule has 0 atom stereocenters. The molecular formula is C11H16N2O2. The summed E-state index contributed by atoms with van der Waals surface area (Å²) in [5.74, 6) is -0.388. The van der Waals surface area contributed by atoms with E-state index in [4.69, 9.17) is 4.74 Å². The number of pyridine rings is 1. The van der Waals surface area contributed by atoms with E-state index in [1.807, 2.05) is 19.9 Å². The van der Waals surface area contributed by atoms with Crippen LogP contribution in [0.3, 0.4) is 0 Å². The summed E-state index contributed by atoms with van der Waals surface area (Å²) in [6.45, 7) is 6.14. The number of hydrogen-bond acceptors (Lipinski definition) is 4. The molecule has 15 heavy (non-hydrogen) atoms. The van der Waals surface area contributed by atoms with Gasteiger partial charge in [-0.3, -0.25) is 0 Å². The normalized spacial score (nSPS) is 10.1. The van der Waals surface area contributed by atoms with Gasteiger partial charge in [0.25, 0.3) is 0 Å². The van der Waals surface area contributed by atoms with E-state index >= 15 is 0 Å². The van der Waals surface area contributed by atoms with E-state index in [0.717, 1.165) is 0 Å². The number of nitrogens with zero attached hydrogens (tertiary/aromatic N) is 1. The average Bonchev–Trinajstić information content (AvgIpc) is 2.18. The number of hydrogen-bond donors (Lipinski definition) is 1. The molecule has 82 valence electrons. The second-order valence-corrected chi connectivity index (χ2v) is 3.42. The lowest BCUT2D eigenvalue weighted by molar-refractivity contribution is 0.0520. The summed E-state index contributed by atoms with van der Waals surface area (Å²) in [6.07, 6.45) is 1.58. The highest BCUT2D eigenvalue weighted by Gasteiger charge is 2.13. The molecule has 0 saturated heterocycles.